The van der Waals surface area contributed by atoms with Crippen LogP contribution in [0.3, 0.4) is 0 Å². The molecule has 2 aromatic rings. The van der Waals surface area contributed by atoms with Crippen molar-refractivity contribution >= 4 is 17.3 Å². The lowest BCUT2D eigenvalue weighted by atomic mass is 10.2. The Hall–Kier alpha value is -1.96. The van der Waals surface area contributed by atoms with Gasteiger partial charge in [-0.3, -0.25) is 4.99 Å². The third kappa shape index (κ3) is 7.58. The number of nitrogens with zero attached hydrogens (tertiary/aromatic N) is 3. The summed E-state index contributed by atoms with van der Waals surface area (Å²) in [4.78, 5) is 11.1. The first-order chi connectivity index (χ1) is 13.6. The minimum absolute atomic E-state index is 0.0309. The molecule has 154 valence electrons. The second kappa shape index (κ2) is 12.5. The van der Waals surface area contributed by atoms with Gasteiger partial charge in [0.1, 0.15) is 11.1 Å². The number of hydrogen-bond donors (Lipinski definition) is 1. The van der Waals surface area contributed by atoms with E-state index in [0.717, 1.165) is 49.3 Å². The van der Waals surface area contributed by atoms with Gasteiger partial charge in [-0.15, -0.1) is 11.3 Å². The molecule has 0 saturated heterocycles. The van der Waals surface area contributed by atoms with Crippen LogP contribution in [-0.2, 0) is 22.4 Å². The van der Waals surface area contributed by atoms with Gasteiger partial charge in [-0.1, -0.05) is 30.3 Å². The maximum Gasteiger partial charge on any atom is 0.193 e. The van der Waals surface area contributed by atoms with Crippen LogP contribution in [0.4, 0.5) is 0 Å². The second-order valence-corrected chi connectivity index (χ2v) is 7.48. The SMILES string of the molecule is CN=C(NCCCOCCc1ccccc1)N(C)Cc1csc(C(C)OC)n1. The Kier molecular flexibility index (Phi) is 9.96. The summed E-state index contributed by atoms with van der Waals surface area (Å²) < 4.78 is 11.1. The number of hydrogen-bond acceptors (Lipinski definition) is 5. The average molecular weight is 405 g/mol. The van der Waals surface area contributed by atoms with Crippen molar-refractivity contribution in [2.45, 2.75) is 32.4 Å². The highest BCUT2D eigenvalue weighted by Crippen LogP contribution is 2.20. The topological polar surface area (TPSA) is 59.0 Å². The molecule has 7 heteroatoms. The monoisotopic (exact) mass is 404 g/mol. The lowest BCUT2D eigenvalue weighted by Gasteiger charge is -2.21. The fourth-order valence-corrected chi connectivity index (χ4v) is 3.54. The number of ether oxygens (including phenoxy) is 2. The van der Waals surface area contributed by atoms with Crippen LogP contribution in [0.5, 0.6) is 0 Å². The van der Waals surface area contributed by atoms with Crippen LogP contribution in [0.25, 0.3) is 0 Å². The number of thiazole rings is 1. The molecule has 0 radical (unpaired) electrons. The first-order valence-corrected chi connectivity index (χ1v) is 10.5. The fourth-order valence-electron chi connectivity index (χ4n) is 2.70. The van der Waals surface area contributed by atoms with Gasteiger partial charge in [0.25, 0.3) is 0 Å². The van der Waals surface area contributed by atoms with Crippen LogP contribution in [0.15, 0.2) is 40.7 Å². The molecule has 0 bridgehead atoms. The molecule has 0 aliphatic rings. The Morgan fingerprint density at radius 3 is 2.79 bits per heavy atom. The first-order valence-electron chi connectivity index (χ1n) is 9.64. The normalized spacial score (nSPS) is 12.8. The number of rotatable bonds is 11. The molecule has 0 amide bonds. The third-order valence-electron chi connectivity index (χ3n) is 4.37. The van der Waals surface area contributed by atoms with Crippen molar-refractivity contribution in [2.75, 3.05) is 41.0 Å². The Bertz CT molecular complexity index is 705. The molecule has 1 aromatic carbocycles. The molecule has 28 heavy (non-hydrogen) atoms. The molecule has 1 N–H and O–H groups in total. The second-order valence-electron chi connectivity index (χ2n) is 6.59. The van der Waals surface area contributed by atoms with Gasteiger partial charge < -0.3 is 19.7 Å². The Labute approximate surface area is 172 Å². The predicted molar refractivity (Wildman–Crippen MR) is 116 cm³/mol. The summed E-state index contributed by atoms with van der Waals surface area (Å²) in [5.74, 6) is 0.860. The number of aliphatic imine (C=N–C) groups is 1. The van der Waals surface area contributed by atoms with Crippen LogP contribution in [-0.4, -0.2) is 56.8 Å². The van der Waals surface area contributed by atoms with Gasteiger partial charge in [0.2, 0.25) is 0 Å². The standard InChI is InChI=1S/C21H32N4O2S/c1-17(26-4)20-24-19(16-28-20)15-25(3)21(22-2)23-12-8-13-27-14-11-18-9-6-5-7-10-18/h5-7,9-10,16-17H,8,11-15H2,1-4H3,(H,22,23). The smallest absolute Gasteiger partial charge is 0.193 e. The zero-order valence-corrected chi connectivity index (χ0v) is 18.2. The summed E-state index contributed by atoms with van der Waals surface area (Å²) in [6.07, 6.45) is 1.92. The van der Waals surface area contributed by atoms with Crippen molar-refractivity contribution in [2.24, 2.45) is 4.99 Å². The van der Waals surface area contributed by atoms with E-state index >= 15 is 0 Å². The van der Waals surface area contributed by atoms with E-state index in [1.807, 2.05) is 20.0 Å². The minimum atomic E-state index is 0.0309. The van der Waals surface area contributed by atoms with Crippen molar-refractivity contribution in [3.63, 3.8) is 0 Å². The lowest BCUT2D eigenvalue weighted by molar-refractivity contribution is 0.119. The van der Waals surface area contributed by atoms with Gasteiger partial charge in [-0.25, -0.2) is 4.98 Å². The Morgan fingerprint density at radius 2 is 2.07 bits per heavy atom. The summed E-state index contributed by atoms with van der Waals surface area (Å²) in [6.45, 7) is 5.04. The van der Waals surface area contributed by atoms with E-state index in [9.17, 15) is 0 Å². The molecule has 1 atom stereocenters. The third-order valence-corrected chi connectivity index (χ3v) is 5.42. The Balaban J connectivity index is 1.63. The quantitative estimate of drug-likeness (QED) is 0.353. The van der Waals surface area contributed by atoms with E-state index in [2.05, 4.69) is 49.8 Å². The van der Waals surface area contributed by atoms with Crippen molar-refractivity contribution in [1.82, 2.24) is 15.2 Å². The number of methoxy groups -OCH3 is 1. The van der Waals surface area contributed by atoms with Crippen molar-refractivity contribution in [3.8, 4) is 0 Å². The summed E-state index contributed by atoms with van der Waals surface area (Å²) in [7, 11) is 5.52. The fraction of sp³-hybridized carbons (Fsp3) is 0.524. The van der Waals surface area contributed by atoms with Gasteiger partial charge in [-0.2, -0.15) is 0 Å². The summed E-state index contributed by atoms with van der Waals surface area (Å²) >= 11 is 1.63. The van der Waals surface area contributed by atoms with Gasteiger partial charge >= 0.3 is 0 Å². The molecular formula is C21H32N4O2S. The largest absolute Gasteiger partial charge is 0.381 e. The van der Waals surface area contributed by atoms with Crippen LogP contribution >= 0.6 is 11.3 Å². The van der Waals surface area contributed by atoms with E-state index in [1.54, 1.807) is 25.5 Å². The van der Waals surface area contributed by atoms with Gasteiger partial charge in [0.05, 0.1) is 18.8 Å². The molecule has 1 aromatic heterocycles. The minimum Gasteiger partial charge on any atom is -0.381 e. The summed E-state index contributed by atoms with van der Waals surface area (Å²) in [6, 6.07) is 10.4. The molecule has 0 fully saturated rings. The van der Waals surface area contributed by atoms with Crippen molar-refractivity contribution in [1.29, 1.82) is 0 Å². The maximum absolute atomic E-state index is 5.73. The molecular weight excluding hydrogens is 372 g/mol. The van der Waals surface area contributed by atoms with E-state index < -0.39 is 0 Å². The van der Waals surface area contributed by atoms with Gasteiger partial charge in [-0.05, 0) is 25.3 Å². The highest BCUT2D eigenvalue weighted by Gasteiger charge is 2.12. The van der Waals surface area contributed by atoms with Gasteiger partial charge in [0, 0.05) is 39.7 Å². The summed E-state index contributed by atoms with van der Waals surface area (Å²) in [5, 5.41) is 6.47. The van der Waals surface area contributed by atoms with Crippen LogP contribution < -0.4 is 5.32 Å². The highest BCUT2D eigenvalue weighted by atomic mass is 32.1. The molecule has 2 rings (SSSR count). The molecule has 0 spiro atoms. The number of aromatic nitrogens is 1. The molecule has 1 unspecified atom stereocenters. The molecule has 6 nitrogen and oxygen atoms in total. The highest BCUT2D eigenvalue weighted by molar-refractivity contribution is 7.09. The number of nitrogens with one attached hydrogen (secondary N) is 1. The van der Waals surface area contributed by atoms with Crippen molar-refractivity contribution in [3.05, 3.63) is 52.0 Å². The zero-order valence-electron chi connectivity index (χ0n) is 17.4. The number of benzene rings is 1. The van der Waals surface area contributed by atoms with Crippen LogP contribution in [0.2, 0.25) is 0 Å². The van der Waals surface area contributed by atoms with Crippen molar-refractivity contribution < 1.29 is 9.47 Å². The Morgan fingerprint density at radius 1 is 1.29 bits per heavy atom. The number of guanidine groups is 1. The van der Waals surface area contributed by atoms with Crippen LogP contribution in [0, 0.1) is 0 Å². The van der Waals surface area contributed by atoms with E-state index in [-0.39, 0.29) is 6.10 Å². The van der Waals surface area contributed by atoms with Crippen LogP contribution in [0.1, 0.15) is 35.7 Å². The lowest BCUT2D eigenvalue weighted by Crippen LogP contribution is -2.39. The molecule has 0 aliphatic carbocycles. The van der Waals surface area contributed by atoms with Gasteiger partial charge in [0.15, 0.2) is 5.96 Å². The first kappa shape index (κ1) is 22.3. The van der Waals surface area contributed by atoms with E-state index in [1.165, 1.54) is 5.56 Å². The summed E-state index contributed by atoms with van der Waals surface area (Å²) in [5.41, 5.74) is 2.34. The molecule has 1 heterocycles. The predicted octanol–water partition coefficient (Wildman–Crippen LogP) is 3.51. The maximum atomic E-state index is 5.73. The zero-order chi connectivity index (χ0) is 20.2. The van der Waals surface area contributed by atoms with E-state index in [0.29, 0.717) is 6.54 Å². The average Bonchev–Trinajstić information content (AvgIpc) is 3.18. The molecule has 0 aliphatic heterocycles. The van der Waals surface area contributed by atoms with E-state index in [4.69, 9.17) is 9.47 Å². The molecule has 0 saturated carbocycles.